The molecule has 0 aromatic heterocycles. The molecule has 0 saturated carbocycles. The van der Waals surface area contributed by atoms with Crippen molar-refractivity contribution >= 4 is 0 Å². The van der Waals surface area contributed by atoms with E-state index in [2.05, 4.69) is 126 Å². The average molecular weight is 587 g/mol. The molecule has 2 atom stereocenters. The zero-order valence-corrected chi connectivity index (χ0v) is 28.1. The van der Waals surface area contributed by atoms with Gasteiger partial charge in [-0.25, -0.2) is 0 Å². The predicted molar refractivity (Wildman–Crippen MR) is 175 cm³/mol. The van der Waals surface area contributed by atoms with Gasteiger partial charge in [-0.3, -0.25) is 0 Å². The normalized spacial score (nSPS) is 13.2. The van der Waals surface area contributed by atoms with E-state index in [4.69, 9.17) is 18.9 Å². The molecule has 0 aliphatic carbocycles. The largest absolute Gasteiger partial charge is 0.488 e. The molecule has 2 aromatic carbocycles. The Kier molecular flexibility index (Phi) is 16.1. The molecule has 0 fully saturated rings. The first-order valence-electron chi connectivity index (χ1n) is 15.3. The molecule has 238 valence electrons. The molecule has 8 nitrogen and oxygen atoms in total. The molecule has 0 N–H and O–H groups in total. The maximum atomic E-state index is 6.18. The van der Waals surface area contributed by atoms with Crippen LogP contribution in [0.15, 0.2) is 36.4 Å². The van der Waals surface area contributed by atoms with Crippen molar-refractivity contribution in [2.75, 3.05) is 109 Å². The summed E-state index contributed by atoms with van der Waals surface area (Å²) in [5, 5.41) is 0. The molecule has 42 heavy (non-hydrogen) atoms. The van der Waals surface area contributed by atoms with E-state index in [-0.39, 0.29) is 0 Å². The summed E-state index contributed by atoms with van der Waals surface area (Å²) in [6.07, 6.45) is 1.95. The molecular formula is C34H58N4O4. The van der Waals surface area contributed by atoms with Gasteiger partial charge in [0, 0.05) is 26.2 Å². The molecule has 0 bridgehead atoms. The first-order chi connectivity index (χ1) is 19.9. The minimum absolute atomic E-state index is 0.481. The van der Waals surface area contributed by atoms with E-state index >= 15 is 0 Å². The van der Waals surface area contributed by atoms with Gasteiger partial charge in [0.15, 0.2) is 23.0 Å². The van der Waals surface area contributed by atoms with Crippen molar-refractivity contribution in [2.45, 2.75) is 26.7 Å². The van der Waals surface area contributed by atoms with Crippen LogP contribution >= 0.6 is 0 Å². The fourth-order valence-electron chi connectivity index (χ4n) is 4.32. The van der Waals surface area contributed by atoms with Gasteiger partial charge in [-0.15, -0.1) is 0 Å². The van der Waals surface area contributed by atoms with Crippen molar-refractivity contribution in [2.24, 2.45) is 11.8 Å². The Hall–Kier alpha value is -2.52. The van der Waals surface area contributed by atoms with Crippen LogP contribution in [0.25, 0.3) is 0 Å². The number of likely N-dealkylation sites (N-methyl/N-ethyl adjacent to an activating group) is 4. The Morgan fingerprint density at radius 3 is 1.02 bits per heavy atom. The van der Waals surface area contributed by atoms with Gasteiger partial charge in [-0.1, -0.05) is 26.0 Å². The Labute approximate surface area is 256 Å². The first kappa shape index (κ1) is 35.7. The van der Waals surface area contributed by atoms with Gasteiger partial charge < -0.3 is 38.5 Å². The van der Waals surface area contributed by atoms with Crippen LogP contribution in [-0.2, 0) is 12.8 Å². The van der Waals surface area contributed by atoms with Gasteiger partial charge in [-0.2, -0.15) is 0 Å². The van der Waals surface area contributed by atoms with Crippen LogP contribution in [0.3, 0.4) is 0 Å². The monoisotopic (exact) mass is 586 g/mol. The number of hydrogen-bond donors (Lipinski definition) is 0. The third-order valence-electron chi connectivity index (χ3n) is 7.29. The quantitative estimate of drug-likeness (QED) is 0.212. The van der Waals surface area contributed by atoms with Crippen molar-refractivity contribution in [1.82, 2.24) is 19.6 Å². The second-order valence-corrected chi connectivity index (χ2v) is 12.5. The Morgan fingerprint density at radius 1 is 0.452 bits per heavy atom. The van der Waals surface area contributed by atoms with Crippen LogP contribution in [0.4, 0.5) is 0 Å². The van der Waals surface area contributed by atoms with Crippen molar-refractivity contribution in [1.29, 1.82) is 0 Å². The summed E-state index contributed by atoms with van der Waals surface area (Å²) in [7, 11) is 16.4. The average Bonchev–Trinajstić information content (AvgIpc) is 2.90. The zero-order chi connectivity index (χ0) is 31.1. The van der Waals surface area contributed by atoms with Gasteiger partial charge in [-0.05, 0) is 116 Å². The molecule has 2 aromatic rings. The van der Waals surface area contributed by atoms with Crippen LogP contribution in [0.5, 0.6) is 23.0 Å². The zero-order valence-electron chi connectivity index (χ0n) is 28.1. The van der Waals surface area contributed by atoms with Crippen LogP contribution in [0.2, 0.25) is 0 Å². The van der Waals surface area contributed by atoms with Crippen molar-refractivity contribution in [3.05, 3.63) is 47.5 Å². The lowest BCUT2D eigenvalue weighted by molar-refractivity contribution is 0.227. The molecule has 0 amide bonds. The Bertz CT molecular complexity index is 947. The van der Waals surface area contributed by atoms with Gasteiger partial charge >= 0.3 is 0 Å². The standard InChI is InChI=1S/C34H58N4O4/c1-27(23-29-11-13-31(39-19-15-35(3)4)33(25-29)41-21-17-37(7)8)28(2)24-30-12-14-32(40-20-16-36(5)6)34(26-30)42-22-18-38(9)10/h11-14,25-28H,15-24H2,1-10H3/t27-,28-/m1/s1. The number of ether oxygens (including phenoxy) is 4. The summed E-state index contributed by atoms with van der Waals surface area (Å²) in [5.74, 6) is 4.25. The Morgan fingerprint density at radius 2 is 0.738 bits per heavy atom. The minimum atomic E-state index is 0.481. The van der Waals surface area contributed by atoms with Gasteiger partial charge in [0.25, 0.3) is 0 Å². The lowest BCUT2D eigenvalue weighted by Gasteiger charge is -2.22. The van der Waals surface area contributed by atoms with E-state index in [1.165, 1.54) is 11.1 Å². The molecule has 0 heterocycles. The van der Waals surface area contributed by atoms with Crippen LogP contribution in [0, 0.1) is 11.8 Å². The molecule has 0 spiro atoms. The third kappa shape index (κ3) is 14.1. The smallest absolute Gasteiger partial charge is 0.161 e. The van der Waals surface area contributed by atoms with Crippen LogP contribution in [-0.4, -0.2) is 129 Å². The lowest BCUT2D eigenvalue weighted by atomic mass is 9.85. The lowest BCUT2D eigenvalue weighted by Crippen LogP contribution is -2.21. The molecule has 8 heteroatoms. The number of rotatable bonds is 21. The van der Waals surface area contributed by atoms with E-state index in [1.807, 2.05) is 0 Å². The van der Waals surface area contributed by atoms with Crippen LogP contribution < -0.4 is 18.9 Å². The van der Waals surface area contributed by atoms with E-state index < -0.39 is 0 Å². The summed E-state index contributed by atoms with van der Waals surface area (Å²) in [6.45, 7) is 10.6. The van der Waals surface area contributed by atoms with E-state index in [0.29, 0.717) is 38.3 Å². The summed E-state index contributed by atoms with van der Waals surface area (Å²) < 4.78 is 24.5. The fraction of sp³-hybridized carbons (Fsp3) is 0.647. The molecule has 2 rings (SSSR count). The summed E-state index contributed by atoms with van der Waals surface area (Å²) >= 11 is 0. The first-order valence-corrected chi connectivity index (χ1v) is 15.3. The topological polar surface area (TPSA) is 49.9 Å². The molecule has 0 radical (unpaired) electrons. The number of benzene rings is 2. The maximum absolute atomic E-state index is 6.18. The SMILES string of the molecule is C[C@H](Cc1ccc(OCCN(C)C)c(OCCN(C)C)c1)[C@H](C)Cc1ccc(OCCN(C)C)c(OCCN(C)C)c1. The van der Waals surface area contributed by atoms with Gasteiger partial charge in [0.1, 0.15) is 26.4 Å². The second-order valence-electron chi connectivity index (χ2n) is 12.5. The van der Waals surface area contributed by atoms with E-state index in [9.17, 15) is 0 Å². The summed E-state index contributed by atoms with van der Waals surface area (Å²) in [4.78, 5) is 8.49. The highest BCUT2D eigenvalue weighted by molar-refractivity contribution is 5.44. The predicted octanol–water partition coefficient (Wildman–Crippen LogP) is 4.51. The van der Waals surface area contributed by atoms with Crippen LogP contribution in [0.1, 0.15) is 25.0 Å². The molecular weight excluding hydrogens is 528 g/mol. The van der Waals surface area contributed by atoms with E-state index in [1.54, 1.807) is 0 Å². The second kappa shape index (κ2) is 18.9. The van der Waals surface area contributed by atoms with E-state index in [0.717, 1.165) is 62.0 Å². The van der Waals surface area contributed by atoms with Gasteiger partial charge in [0.2, 0.25) is 0 Å². The minimum Gasteiger partial charge on any atom is -0.488 e. The molecule has 0 aliphatic heterocycles. The van der Waals surface area contributed by atoms with Crippen molar-refractivity contribution in [3.63, 3.8) is 0 Å². The molecule has 0 aliphatic rings. The number of hydrogen-bond acceptors (Lipinski definition) is 8. The summed E-state index contributed by atoms with van der Waals surface area (Å²) in [6, 6.07) is 12.8. The summed E-state index contributed by atoms with van der Waals surface area (Å²) in [5.41, 5.74) is 2.54. The highest BCUT2D eigenvalue weighted by Gasteiger charge is 2.17. The molecule has 0 saturated heterocycles. The highest BCUT2D eigenvalue weighted by Crippen LogP contribution is 2.33. The Balaban J connectivity index is 2.09. The van der Waals surface area contributed by atoms with Crippen molar-refractivity contribution < 1.29 is 18.9 Å². The maximum Gasteiger partial charge on any atom is 0.161 e. The number of nitrogens with zero attached hydrogens (tertiary/aromatic N) is 4. The van der Waals surface area contributed by atoms with Crippen molar-refractivity contribution in [3.8, 4) is 23.0 Å². The fourth-order valence-corrected chi connectivity index (χ4v) is 4.32. The van der Waals surface area contributed by atoms with Gasteiger partial charge in [0.05, 0.1) is 0 Å². The molecule has 0 unspecified atom stereocenters. The highest BCUT2D eigenvalue weighted by atomic mass is 16.5. The third-order valence-corrected chi connectivity index (χ3v) is 7.29.